The fourth-order valence-electron chi connectivity index (χ4n) is 4.17. The van der Waals surface area contributed by atoms with Crippen molar-refractivity contribution in [3.05, 3.63) is 64.9 Å². The number of ketones is 1. The minimum Gasteiger partial charge on any atom is -0.504 e. The van der Waals surface area contributed by atoms with E-state index in [4.69, 9.17) is 10.00 Å². The second kappa shape index (κ2) is 7.44. The van der Waals surface area contributed by atoms with Crippen molar-refractivity contribution in [1.82, 2.24) is 0 Å². The van der Waals surface area contributed by atoms with Crippen LogP contribution in [0.3, 0.4) is 0 Å². The van der Waals surface area contributed by atoms with Gasteiger partial charge in [-0.3, -0.25) is 14.5 Å². The molecule has 1 unspecified atom stereocenters. The standard InChI is InChI=1S/C23H20N2O4/c1-29-21-11-15(7-10-19(21)26)17-12-22(28)25(16-8-5-14(13-24)6-9-16)18-3-2-4-20(27)23(17)18/h5-11,17,26H,2-4,12H2,1H3. The van der Waals surface area contributed by atoms with Crippen LogP contribution in [0.5, 0.6) is 11.5 Å². The summed E-state index contributed by atoms with van der Waals surface area (Å²) in [6.45, 7) is 0. The number of carbonyl (C=O) groups excluding carboxylic acids is 2. The summed E-state index contributed by atoms with van der Waals surface area (Å²) in [5.41, 5.74) is 3.35. The normalized spacial score (nSPS) is 19.0. The minimum absolute atomic E-state index is 0.0155. The molecule has 29 heavy (non-hydrogen) atoms. The zero-order chi connectivity index (χ0) is 20.5. The van der Waals surface area contributed by atoms with Gasteiger partial charge < -0.3 is 9.84 Å². The molecule has 6 nitrogen and oxygen atoms in total. The van der Waals surface area contributed by atoms with E-state index in [9.17, 15) is 14.7 Å². The highest BCUT2D eigenvalue weighted by atomic mass is 16.5. The number of rotatable bonds is 3. The van der Waals surface area contributed by atoms with E-state index in [2.05, 4.69) is 6.07 Å². The molecule has 0 radical (unpaired) electrons. The van der Waals surface area contributed by atoms with Crippen molar-refractivity contribution in [3.63, 3.8) is 0 Å². The van der Waals surface area contributed by atoms with E-state index in [0.717, 1.165) is 11.3 Å². The third kappa shape index (κ3) is 3.25. The second-order valence-corrected chi connectivity index (χ2v) is 7.21. The van der Waals surface area contributed by atoms with Gasteiger partial charge in [-0.05, 0) is 54.8 Å². The Labute approximate surface area is 168 Å². The number of phenols is 1. The van der Waals surface area contributed by atoms with Crippen LogP contribution in [-0.2, 0) is 9.59 Å². The molecular formula is C23H20N2O4. The molecule has 0 saturated heterocycles. The molecule has 146 valence electrons. The molecule has 4 rings (SSSR count). The molecule has 1 aliphatic heterocycles. The molecule has 2 aromatic rings. The number of hydrogen-bond acceptors (Lipinski definition) is 5. The highest BCUT2D eigenvalue weighted by Crippen LogP contribution is 2.44. The van der Waals surface area contributed by atoms with Crippen LogP contribution in [0.1, 0.15) is 42.7 Å². The summed E-state index contributed by atoms with van der Waals surface area (Å²) in [4.78, 5) is 27.7. The fraction of sp³-hybridized carbons (Fsp3) is 0.261. The SMILES string of the molecule is COc1cc(C2CC(=O)N(c3ccc(C#N)cc3)C3=C2C(=O)CCC3)ccc1O. The van der Waals surface area contributed by atoms with Gasteiger partial charge in [0.2, 0.25) is 5.91 Å². The second-order valence-electron chi connectivity index (χ2n) is 7.21. The van der Waals surface area contributed by atoms with Crippen LogP contribution in [0.15, 0.2) is 53.7 Å². The Balaban J connectivity index is 1.83. The number of amides is 1. The maximum Gasteiger partial charge on any atom is 0.232 e. The number of allylic oxidation sites excluding steroid dienone is 2. The van der Waals surface area contributed by atoms with Crippen LogP contribution in [0.2, 0.25) is 0 Å². The third-order valence-electron chi connectivity index (χ3n) is 5.54. The third-order valence-corrected chi connectivity index (χ3v) is 5.54. The lowest BCUT2D eigenvalue weighted by Crippen LogP contribution is -2.40. The molecule has 1 N–H and O–H groups in total. The van der Waals surface area contributed by atoms with E-state index in [-0.39, 0.29) is 29.8 Å². The molecule has 2 aliphatic rings. The van der Waals surface area contributed by atoms with Crippen molar-refractivity contribution < 1.29 is 19.4 Å². The van der Waals surface area contributed by atoms with Gasteiger partial charge in [0, 0.05) is 35.7 Å². The van der Waals surface area contributed by atoms with Crippen molar-refractivity contribution in [2.24, 2.45) is 0 Å². The van der Waals surface area contributed by atoms with Crippen LogP contribution in [0.4, 0.5) is 5.69 Å². The molecule has 0 aromatic heterocycles. The Bertz CT molecular complexity index is 1060. The zero-order valence-electron chi connectivity index (χ0n) is 16.0. The van der Waals surface area contributed by atoms with Gasteiger partial charge in [-0.25, -0.2) is 0 Å². The summed E-state index contributed by atoms with van der Waals surface area (Å²) in [7, 11) is 1.47. The van der Waals surface area contributed by atoms with E-state index in [1.807, 2.05) is 0 Å². The van der Waals surface area contributed by atoms with Crippen molar-refractivity contribution in [3.8, 4) is 17.6 Å². The first-order chi connectivity index (χ1) is 14.0. The topological polar surface area (TPSA) is 90.6 Å². The zero-order valence-corrected chi connectivity index (χ0v) is 16.0. The van der Waals surface area contributed by atoms with E-state index in [1.165, 1.54) is 13.2 Å². The first-order valence-corrected chi connectivity index (χ1v) is 9.49. The van der Waals surface area contributed by atoms with Gasteiger partial charge in [-0.1, -0.05) is 6.07 Å². The minimum atomic E-state index is -0.366. The molecule has 6 heteroatoms. The lowest BCUT2D eigenvalue weighted by molar-refractivity contribution is -0.119. The number of nitrogens with zero attached hydrogens (tertiary/aromatic N) is 2. The van der Waals surface area contributed by atoms with Gasteiger partial charge in [0.15, 0.2) is 17.3 Å². The van der Waals surface area contributed by atoms with Gasteiger partial charge in [0.05, 0.1) is 18.7 Å². The predicted octanol–water partition coefficient (Wildman–Crippen LogP) is 3.80. The van der Waals surface area contributed by atoms with Crippen LogP contribution in [-0.4, -0.2) is 23.9 Å². The summed E-state index contributed by atoms with van der Waals surface area (Å²) in [5, 5.41) is 18.9. The van der Waals surface area contributed by atoms with E-state index >= 15 is 0 Å². The summed E-state index contributed by atoms with van der Waals surface area (Å²) < 4.78 is 5.21. The molecule has 0 saturated carbocycles. The summed E-state index contributed by atoms with van der Waals surface area (Å²) in [6.07, 6.45) is 1.94. The lowest BCUT2D eigenvalue weighted by atomic mass is 9.77. The Morgan fingerprint density at radius 1 is 1.14 bits per heavy atom. The van der Waals surface area contributed by atoms with Crippen LogP contribution < -0.4 is 9.64 Å². The Hall–Kier alpha value is -3.59. The van der Waals surface area contributed by atoms with Gasteiger partial charge in [-0.15, -0.1) is 0 Å². The van der Waals surface area contributed by atoms with Gasteiger partial charge in [-0.2, -0.15) is 5.26 Å². The first kappa shape index (κ1) is 18.8. The molecule has 1 aliphatic carbocycles. The monoisotopic (exact) mass is 388 g/mol. The number of phenolic OH excluding ortho intramolecular Hbond substituents is 1. The Kier molecular flexibility index (Phi) is 4.81. The predicted molar refractivity (Wildman–Crippen MR) is 107 cm³/mol. The molecular weight excluding hydrogens is 368 g/mol. The molecule has 1 heterocycles. The summed E-state index contributed by atoms with van der Waals surface area (Å²) in [6, 6.07) is 13.9. The molecule has 1 atom stereocenters. The number of nitriles is 1. The van der Waals surface area contributed by atoms with Crippen molar-refractivity contribution in [2.45, 2.75) is 31.6 Å². The smallest absolute Gasteiger partial charge is 0.232 e. The van der Waals surface area contributed by atoms with Gasteiger partial charge >= 0.3 is 0 Å². The first-order valence-electron chi connectivity index (χ1n) is 9.49. The summed E-state index contributed by atoms with van der Waals surface area (Å²) in [5.74, 6) is -0.0827. The number of hydrogen-bond donors (Lipinski definition) is 1. The molecule has 0 bridgehead atoms. The van der Waals surface area contributed by atoms with E-state index in [0.29, 0.717) is 41.8 Å². The molecule has 1 amide bonds. The van der Waals surface area contributed by atoms with Gasteiger partial charge in [0.25, 0.3) is 0 Å². The summed E-state index contributed by atoms with van der Waals surface area (Å²) >= 11 is 0. The maximum absolute atomic E-state index is 13.2. The van der Waals surface area contributed by atoms with E-state index in [1.54, 1.807) is 41.3 Å². The number of anilines is 1. The van der Waals surface area contributed by atoms with Crippen LogP contribution in [0, 0.1) is 11.3 Å². The van der Waals surface area contributed by atoms with Crippen molar-refractivity contribution in [2.75, 3.05) is 12.0 Å². The molecule has 0 spiro atoms. The van der Waals surface area contributed by atoms with Crippen molar-refractivity contribution in [1.29, 1.82) is 5.26 Å². The molecule has 0 fully saturated rings. The fourth-order valence-corrected chi connectivity index (χ4v) is 4.17. The number of benzene rings is 2. The van der Waals surface area contributed by atoms with Crippen molar-refractivity contribution >= 4 is 17.4 Å². The quantitative estimate of drug-likeness (QED) is 0.864. The van der Waals surface area contributed by atoms with Gasteiger partial charge in [0.1, 0.15) is 0 Å². The highest BCUT2D eigenvalue weighted by Gasteiger charge is 2.39. The Morgan fingerprint density at radius 2 is 1.90 bits per heavy atom. The Morgan fingerprint density at radius 3 is 2.59 bits per heavy atom. The largest absolute Gasteiger partial charge is 0.504 e. The lowest BCUT2D eigenvalue weighted by Gasteiger charge is -2.38. The highest BCUT2D eigenvalue weighted by molar-refractivity contribution is 6.07. The van der Waals surface area contributed by atoms with Crippen LogP contribution in [0.25, 0.3) is 0 Å². The molecule has 2 aromatic carbocycles. The van der Waals surface area contributed by atoms with Crippen LogP contribution >= 0.6 is 0 Å². The average molecular weight is 388 g/mol. The number of carbonyl (C=O) groups is 2. The number of ether oxygens (including phenoxy) is 1. The van der Waals surface area contributed by atoms with E-state index < -0.39 is 0 Å². The maximum atomic E-state index is 13.2. The average Bonchev–Trinajstić information content (AvgIpc) is 2.74. The number of methoxy groups -OCH3 is 1. The number of aromatic hydroxyl groups is 1. The number of Topliss-reactive ketones (excluding diaryl/α,β-unsaturated/α-hetero) is 1.